The Morgan fingerprint density at radius 3 is 2.54 bits per heavy atom. The van der Waals surface area contributed by atoms with E-state index < -0.39 is 12.1 Å². The first kappa shape index (κ1) is 17.9. The molecule has 0 unspecified atom stereocenters. The predicted octanol–water partition coefficient (Wildman–Crippen LogP) is 3.77. The minimum atomic E-state index is -0.886. The lowest BCUT2D eigenvalue weighted by atomic mass is 10.0. The fraction of sp³-hybridized carbons (Fsp3) is 0.200. The zero-order chi connectivity index (χ0) is 18.5. The number of thiophene rings is 1. The molecule has 26 heavy (non-hydrogen) atoms. The zero-order valence-electron chi connectivity index (χ0n) is 14.5. The van der Waals surface area contributed by atoms with Gasteiger partial charge < -0.3 is 14.8 Å². The molecule has 134 valence electrons. The van der Waals surface area contributed by atoms with Crippen molar-refractivity contribution in [1.82, 2.24) is 5.32 Å². The van der Waals surface area contributed by atoms with E-state index in [-0.39, 0.29) is 5.91 Å². The normalized spacial score (nSPS) is 11.8. The van der Waals surface area contributed by atoms with Gasteiger partial charge in [0, 0.05) is 10.3 Å². The van der Waals surface area contributed by atoms with Gasteiger partial charge >= 0.3 is 5.97 Å². The van der Waals surface area contributed by atoms with Crippen LogP contribution >= 0.6 is 11.3 Å². The quantitative estimate of drug-likeness (QED) is 0.672. The van der Waals surface area contributed by atoms with Crippen LogP contribution < -0.4 is 10.1 Å². The molecule has 0 spiro atoms. The molecule has 1 amide bonds. The van der Waals surface area contributed by atoms with Crippen molar-refractivity contribution < 1.29 is 19.1 Å². The highest BCUT2D eigenvalue weighted by Gasteiger charge is 2.21. The Bertz CT molecular complexity index is 921. The number of carbonyl (C=O) groups excluding carboxylic acids is 2. The SMILES string of the molecule is COc1ccc(C(=O)O[C@@H](C)C(=O)NCc2cccs2)c2ccccc12. The molecule has 6 heteroatoms. The number of amides is 1. The Hall–Kier alpha value is -2.86. The first-order chi connectivity index (χ1) is 12.6. The molecular formula is C20H19NO4S. The van der Waals surface area contributed by atoms with Crippen molar-refractivity contribution in [2.45, 2.75) is 19.6 Å². The third-order valence-corrected chi connectivity index (χ3v) is 4.87. The summed E-state index contributed by atoms with van der Waals surface area (Å²) in [6.45, 7) is 1.98. The second kappa shape index (κ2) is 8.01. The molecular weight excluding hydrogens is 350 g/mol. The van der Waals surface area contributed by atoms with E-state index in [1.807, 2.05) is 41.8 Å². The number of methoxy groups -OCH3 is 1. The molecule has 0 bridgehead atoms. The summed E-state index contributed by atoms with van der Waals surface area (Å²) in [4.78, 5) is 25.8. The van der Waals surface area contributed by atoms with Gasteiger partial charge in [-0.05, 0) is 35.9 Å². The van der Waals surface area contributed by atoms with Gasteiger partial charge in [0.2, 0.25) is 0 Å². The molecule has 3 rings (SSSR count). The molecule has 1 aromatic heterocycles. The number of benzene rings is 2. The Labute approximate surface area is 155 Å². The van der Waals surface area contributed by atoms with Gasteiger partial charge in [-0.1, -0.05) is 30.3 Å². The number of hydrogen-bond donors (Lipinski definition) is 1. The van der Waals surface area contributed by atoms with Crippen LogP contribution in [0.25, 0.3) is 10.8 Å². The van der Waals surface area contributed by atoms with E-state index in [0.717, 1.165) is 15.6 Å². The summed E-state index contributed by atoms with van der Waals surface area (Å²) < 4.78 is 10.7. The first-order valence-electron chi connectivity index (χ1n) is 8.17. The Morgan fingerprint density at radius 2 is 1.85 bits per heavy atom. The van der Waals surface area contributed by atoms with E-state index in [9.17, 15) is 9.59 Å². The number of esters is 1. The smallest absolute Gasteiger partial charge is 0.339 e. The minimum absolute atomic E-state index is 0.329. The highest BCUT2D eigenvalue weighted by molar-refractivity contribution is 7.09. The van der Waals surface area contributed by atoms with E-state index in [2.05, 4.69) is 5.32 Å². The standard InChI is InChI=1S/C20H19NO4S/c1-13(19(22)21-12-14-6-5-11-26-14)25-20(23)17-9-10-18(24-2)16-8-4-3-7-15(16)17/h3-11,13H,12H2,1-2H3,(H,21,22)/t13-/m0/s1. The van der Waals surface area contributed by atoms with E-state index in [4.69, 9.17) is 9.47 Å². The summed E-state index contributed by atoms with van der Waals surface area (Å²) in [5.74, 6) is -0.189. The second-order valence-corrected chi connectivity index (χ2v) is 6.74. The van der Waals surface area contributed by atoms with Crippen molar-refractivity contribution in [3.8, 4) is 5.75 Å². The predicted molar refractivity (Wildman–Crippen MR) is 102 cm³/mol. The van der Waals surface area contributed by atoms with Crippen LogP contribution in [0, 0.1) is 0 Å². The zero-order valence-corrected chi connectivity index (χ0v) is 15.3. The van der Waals surface area contributed by atoms with Gasteiger partial charge in [-0.3, -0.25) is 4.79 Å². The molecule has 5 nitrogen and oxygen atoms in total. The van der Waals surface area contributed by atoms with E-state index in [1.54, 1.807) is 37.5 Å². The highest BCUT2D eigenvalue weighted by Crippen LogP contribution is 2.28. The molecule has 0 aliphatic carbocycles. The molecule has 0 saturated carbocycles. The average molecular weight is 369 g/mol. The molecule has 0 aliphatic rings. The molecule has 0 fully saturated rings. The fourth-order valence-electron chi connectivity index (χ4n) is 2.64. The third-order valence-electron chi connectivity index (χ3n) is 3.99. The molecule has 0 radical (unpaired) electrons. The number of carbonyl (C=O) groups is 2. The maximum Gasteiger partial charge on any atom is 0.339 e. The van der Waals surface area contributed by atoms with Crippen LogP contribution in [0.3, 0.4) is 0 Å². The van der Waals surface area contributed by atoms with Crippen molar-refractivity contribution in [2.24, 2.45) is 0 Å². The van der Waals surface area contributed by atoms with Crippen molar-refractivity contribution in [3.05, 3.63) is 64.4 Å². The number of nitrogens with one attached hydrogen (secondary N) is 1. The van der Waals surface area contributed by atoms with E-state index in [1.165, 1.54) is 0 Å². The van der Waals surface area contributed by atoms with Gasteiger partial charge in [-0.15, -0.1) is 11.3 Å². The van der Waals surface area contributed by atoms with Gasteiger partial charge in [0.05, 0.1) is 19.2 Å². The summed E-state index contributed by atoms with van der Waals surface area (Å²) in [6.07, 6.45) is -0.886. The molecule has 1 N–H and O–H groups in total. The monoisotopic (exact) mass is 369 g/mol. The minimum Gasteiger partial charge on any atom is -0.496 e. The highest BCUT2D eigenvalue weighted by atomic mass is 32.1. The molecule has 0 saturated heterocycles. The number of hydrogen-bond acceptors (Lipinski definition) is 5. The lowest BCUT2D eigenvalue weighted by Gasteiger charge is -2.15. The van der Waals surface area contributed by atoms with Crippen LogP contribution in [0.15, 0.2) is 53.9 Å². The van der Waals surface area contributed by atoms with Crippen LogP contribution in [0.5, 0.6) is 5.75 Å². The largest absolute Gasteiger partial charge is 0.496 e. The van der Waals surface area contributed by atoms with Crippen LogP contribution in [0.4, 0.5) is 0 Å². The third kappa shape index (κ3) is 3.86. The Kier molecular flexibility index (Phi) is 5.53. The number of ether oxygens (including phenoxy) is 2. The summed E-state index contributed by atoms with van der Waals surface area (Å²) in [7, 11) is 1.58. The van der Waals surface area contributed by atoms with Gasteiger partial charge in [0.1, 0.15) is 5.75 Å². The van der Waals surface area contributed by atoms with E-state index in [0.29, 0.717) is 17.9 Å². The van der Waals surface area contributed by atoms with Gasteiger partial charge in [0.25, 0.3) is 5.91 Å². The van der Waals surface area contributed by atoms with Gasteiger partial charge in [0.15, 0.2) is 6.10 Å². The maximum atomic E-state index is 12.6. The van der Waals surface area contributed by atoms with Crippen LogP contribution in [-0.4, -0.2) is 25.1 Å². The maximum absolute atomic E-state index is 12.6. The fourth-order valence-corrected chi connectivity index (χ4v) is 3.28. The number of rotatable bonds is 6. The summed E-state index contributed by atoms with van der Waals surface area (Å²) in [5.41, 5.74) is 0.402. The van der Waals surface area contributed by atoms with Crippen molar-refractivity contribution in [2.75, 3.05) is 7.11 Å². The lowest BCUT2D eigenvalue weighted by Crippen LogP contribution is -2.35. The molecule has 2 aromatic carbocycles. The number of fused-ring (bicyclic) bond motifs is 1. The van der Waals surface area contributed by atoms with Crippen molar-refractivity contribution in [1.29, 1.82) is 0 Å². The van der Waals surface area contributed by atoms with E-state index >= 15 is 0 Å². The topological polar surface area (TPSA) is 64.6 Å². The molecule has 1 heterocycles. The molecule has 3 aromatic rings. The van der Waals surface area contributed by atoms with Crippen LogP contribution in [0.1, 0.15) is 22.2 Å². The summed E-state index contributed by atoms with van der Waals surface area (Å²) in [5, 5.41) is 6.26. The van der Waals surface area contributed by atoms with Gasteiger partial charge in [-0.25, -0.2) is 4.79 Å². The van der Waals surface area contributed by atoms with Crippen LogP contribution in [-0.2, 0) is 16.1 Å². The van der Waals surface area contributed by atoms with Crippen molar-refractivity contribution in [3.63, 3.8) is 0 Å². The molecule has 1 atom stereocenters. The summed E-state index contributed by atoms with van der Waals surface area (Å²) in [6, 6.07) is 14.7. The van der Waals surface area contributed by atoms with Crippen LogP contribution in [0.2, 0.25) is 0 Å². The Morgan fingerprint density at radius 1 is 1.08 bits per heavy atom. The summed E-state index contributed by atoms with van der Waals surface area (Å²) >= 11 is 1.56. The average Bonchev–Trinajstić information content (AvgIpc) is 3.18. The molecule has 0 aliphatic heterocycles. The lowest BCUT2D eigenvalue weighted by molar-refractivity contribution is -0.129. The van der Waals surface area contributed by atoms with Gasteiger partial charge in [-0.2, -0.15) is 0 Å². The second-order valence-electron chi connectivity index (χ2n) is 5.71. The first-order valence-corrected chi connectivity index (χ1v) is 9.05. The van der Waals surface area contributed by atoms with Crippen molar-refractivity contribution >= 4 is 34.0 Å². The Balaban J connectivity index is 1.71.